The zero-order chi connectivity index (χ0) is 16.7. The molecular formula is C17H17N3O3. The highest BCUT2D eigenvalue weighted by atomic mass is 16.4. The molecule has 2 aromatic rings. The molecule has 1 aliphatic carbocycles. The summed E-state index contributed by atoms with van der Waals surface area (Å²) in [7, 11) is 0. The molecule has 1 saturated carbocycles. The van der Waals surface area contributed by atoms with Gasteiger partial charge in [0.1, 0.15) is 5.56 Å². The fourth-order valence-corrected chi connectivity index (χ4v) is 2.98. The lowest BCUT2D eigenvalue weighted by Crippen LogP contribution is -2.23. The average Bonchev–Trinajstić information content (AvgIpc) is 3.35. The summed E-state index contributed by atoms with van der Waals surface area (Å²) in [6.07, 6.45) is 6.05. The largest absolute Gasteiger partial charge is 0.477 e. The Labute approximate surface area is 132 Å². The molecule has 2 heterocycles. The van der Waals surface area contributed by atoms with Crippen LogP contribution in [0.2, 0.25) is 0 Å². The number of fused-ring (bicyclic) bond motifs is 1. The standard InChI is InChI=1S/C17H17N3O3/c1-9-12(11(7-18)8-19)4-5-20-15(9)13(10-2-3-10)6-14(16(20)21)17(22)23/h4-8,10,18H,2-3,19H2,1H3,(H,22,23). The minimum atomic E-state index is -1.21. The van der Waals surface area contributed by atoms with Crippen molar-refractivity contribution in [2.75, 3.05) is 0 Å². The number of pyridine rings is 2. The van der Waals surface area contributed by atoms with Crippen molar-refractivity contribution in [2.45, 2.75) is 25.7 Å². The predicted molar refractivity (Wildman–Crippen MR) is 88.3 cm³/mol. The van der Waals surface area contributed by atoms with Crippen LogP contribution in [0.15, 0.2) is 29.3 Å². The first kappa shape index (κ1) is 15.0. The highest BCUT2D eigenvalue weighted by Crippen LogP contribution is 2.43. The van der Waals surface area contributed by atoms with Crippen LogP contribution >= 0.6 is 0 Å². The van der Waals surface area contributed by atoms with E-state index in [0.717, 1.165) is 35.0 Å². The normalized spacial score (nSPS) is 14.9. The molecule has 0 aromatic carbocycles. The Bertz CT molecular complexity index is 921. The molecule has 0 atom stereocenters. The van der Waals surface area contributed by atoms with Gasteiger partial charge in [-0.15, -0.1) is 0 Å². The maximum Gasteiger partial charge on any atom is 0.341 e. The van der Waals surface area contributed by atoms with Crippen LogP contribution in [-0.2, 0) is 0 Å². The van der Waals surface area contributed by atoms with Crippen molar-refractivity contribution in [3.05, 3.63) is 57.1 Å². The minimum Gasteiger partial charge on any atom is -0.477 e. The van der Waals surface area contributed by atoms with Crippen molar-refractivity contribution >= 4 is 23.3 Å². The molecule has 0 amide bonds. The molecule has 4 N–H and O–H groups in total. The lowest BCUT2D eigenvalue weighted by Gasteiger charge is -2.15. The number of rotatable bonds is 4. The summed E-state index contributed by atoms with van der Waals surface area (Å²) in [5, 5.41) is 16.7. The number of nitrogens with one attached hydrogen (secondary N) is 1. The van der Waals surface area contributed by atoms with Gasteiger partial charge in [-0.2, -0.15) is 0 Å². The summed E-state index contributed by atoms with van der Waals surface area (Å²) >= 11 is 0. The zero-order valence-electron chi connectivity index (χ0n) is 12.7. The Kier molecular flexibility index (Phi) is 3.52. The lowest BCUT2D eigenvalue weighted by atomic mass is 9.97. The molecule has 0 radical (unpaired) electrons. The fourth-order valence-electron chi connectivity index (χ4n) is 2.98. The van der Waals surface area contributed by atoms with Crippen LogP contribution in [0.1, 0.15) is 45.8 Å². The quantitative estimate of drug-likeness (QED) is 0.751. The lowest BCUT2D eigenvalue weighted by molar-refractivity contribution is 0.0694. The van der Waals surface area contributed by atoms with Crippen LogP contribution in [0, 0.1) is 12.3 Å². The van der Waals surface area contributed by atoms with E-state index in [4.69, 9.17) is 11.1 Å². The van der Waals surface area contributed by atoms with Crippen molar-refractivity contribution in [1.82, 2.24) is 4.40 Å². The number of aromatic nitrogens is 1. The molecule has 0 saturated heterocycles. The first-order chi connectivity index (χ1) is 11.0. The second kappa shape index (κ2) is 5.39. The number of allylic oxidation sites excluding steroid dienone is 1. The van der Waals surface area contributed by atoms with Gasteiger partial charge in [-0.1, -0.05) is 0 Å². The van der Waals surface area contributed by atoms with Gasteiger partial charge in [0.25, 0.3) is 5.56 Å². The first-order valence-corrected chi connectivity index (χ1v) is 7.34. The third-order valence-corrected chi connectivity index (χ3v) is 4.31. The smallest absolute Gasteiger partial charge is 0.341 e. The predicted octanol–water partition coefficient (Wildman–Crippen LogP) is 2.13. The summed E-state index contributed by atoms with van der Waals surface area (Å²) in [5.41, 5.74) is 8.57. The molecular weight excluding hydrogens is 294 g/mol. The van der Waals surface area contributed by atoms with E-state index >= 15 is 0 Å². The topological polar surface area (TPSA) is 109 Å². The van der Waals surface area contributed by atoms with Crippen LogP contribution < -0.4 is 11.3 Å². The van der Waals surface area contributed by atoms with E-state index in [-0.39, 0.29) is 11.5 Å². The molecule has 6 nitrogen and oxygen atoms in total. The van der Waals surface area contributed by atoms with Gasteiger partial charge >= 0.3 is 5.97 Å². The monoisotopic (exact) mass is 311 g/mol. The van der Waals surface area contributed by atoms with Gasteiger partial charge in [0.05, 0.1) is 5.52 Å². The average molecular weight is 311 g/mol. The van der Waals surface area contributed by atoms with Crippen molar-refractivity contribution < 1.29 is 9.90 Å². The van der Waals surface area contributed by atoms with E-state index in [2.05, 4.69) is 0 Å². The molecule has 0 aliphatic heterocycles. The van der Waals surface area contributed by atoms with E-state index in [0.29, 0.717) is 5.57 Å². The number of carboxylic acid groups (broad SMARTS) is 1. The molecule has 1 fully saturated rings. The van der Waals surface area contributed by atoms with Gasteiger partial charge in [0.15, 0.2) is 0 Å². The number of carboxylic acids is 1. The van der Waals surface area contributed by atoms with Crippen molar-refractivity contribution in [2.24, 2.45) is 5.73 Å². The highest BCUT2D eigenvalue weighted by molar-refractivity contribution is 6.09. The second-order valence-corrected chi connectivity index (χ2v) is 5.74. The molecule has 0 spiro atoms. The maximum absolute atomic E-state index is 12.4. The van der Waals surface area contributed by atoms with Gasteiger partial charge in [-0.05, 0) is 54.5 Å². The highest BCUT2D eigenvalue weighted by Gasteiger charge is 2.29. The summed E-state index contributed by atoms with van der Waals surface area (Å²) < 4.78 is 1.40. The van der Waals surface area contributed by atoms with Crippen LogP contribution in [0.25, 0.3) is 11.1 Å². The first-order valence-electron chi connectivity index (χ1n) is 7.34. The van der Waals surface area contributed by atoms with Gasteiger partial charge in [0.2, 0.25) is 0 Å². The maximum atomic E-state index is 12.4. The molecule has 0 bridgehead atoms. The Hall–Kier alpha value is -2.89. The number of hydrogen-bond acceptors (Lipinski definition) is 4. The summed E-state index contributed by atoms with van der Waals surface area (Å²) in [6, 6.07) is 3.19. The van der Waals surface area contributed by atoms with Gasteiger partial charge in [-0.25, -0.2) is 4.79 Å². The van der Waals surface area contributed by atoms with E-state index < -0.39 is 11.5 Å². The SMILES string of the molecule is Cc1c(C(C=N)=CN)ccn2c(=O)c(C(=O)O)cc(C3CC3)c12. The molecule has 23 heavy (non-hydrogen) atoms. The fraction of sp³-hybridized carbons (Fsp3) is 0.235. The van der Waals surface area contributed by atoms with Crippen molar-refractivity contribution in [3.8, 4) is 0 Å². The van der Waals surface area contributed by atoms with Crippen molar-refractivity contribution in [1.29, 1.82) is 5.41 Å². The number of carbonyl (C=O) groups is 1. The van der Waals surface area contributed by atoms with Crippen LogP contribution in [-0.4, -0.2) is 21.7 Å². The Morgan fingerprint density at radius 2 is 2.13 bits per heavy atom. The van der Waals surface area contributed by atoms with Crippen LogP contribution in [0.3, 0.4) is 0 Å². The Morgan fingerprint density at radius 1 is 1.43 bits per heavy atom. The number of hydrogen-bond donors (Lipinski definition) is 3. The summed E-state index contributed by atoms with van der Waals surface area (Å²) in [6.45, 7) is 1.86. The third-order valence-electron chi connectivity index (χ3n) is 4.31. The number of aryl methyl sites for hydroxylation is 1. The van der Waals surface area contributed by atoms with Gasteiger partial charge < -0.3 is 16.2 Å². The van der Waals surface area contributed by atoms with Gasteiger partial charge in [-0.3, -0.25) is 9.20 Å². The van der Waals surface area contributed by atoms with Crippen molar-refractivity contribution in [3.63, 3.8) is 0 Å². The molecule has 2 aromatic heterocycles. The van der Waals surface area contributed by atoms with Crippen LogP contribution in [0.5, 0.6) is 0 Å². The summed E-state index contributed by atoms with van der Waals surface area (Å²) in [5.74, 6) is -0.932. The van der Waals surface area contributed by atoms with E-state index in [1.807, 2.05) is 6.92 Å². The summed E-state index contributed by atoms with van der Waals surface area (Å²) in [4.78, 5) is 23.8. The van der Waals surface area contributed by atoms with Crippen LogP contribution in [0.4, 0.5) is 0 Å². The second-order valence-electron chi connectivity index (χ2n) is 5.74. The van der Waals surface area contributed by atoms with E-state index in [1.54, 1.807) is 12.3 Å². The number of nitrogens with zero attached hydrogens (tertiary/aromatic N) is 1. The van der Waals surface area contributed by atoms with E-state index in [1.165, 1.54) is 22.9 Å². The molecule has 3 rings (SSSR count). The molecule has 0 unspecified atom stereocenters. The minimum absolute atomic E-state index is 0.210. The molecule has 1 aliphatic rings. The van der Waals surface area contributed by atoms with Gasteiger partial charge in [0, 0.05) is 24.2 Å². The third kappa shape index (κ3) is 2.32. The Balaban J connectivity index is 2.43. The number of nitrogens with two attached hydrogens (primary N) is 1. The molecule has 118 valence electrons. The Morgan fingerprint density at radius 3 is 2.65 bits per heavy atom. The van der Waals surface area contributed by atoms with E-state index in [9.17, 15) is 14.7 Å². The number of aromatic carboxylic acids is 1. The molecule has 6 heteroatoms. The zero-order valence-corrected chi connectivity index (χ0v) is 12.7.